The summed E-state index contributed by atoms with van der Waals surface area (Å²) in [6.45, 7) is 0. The predicted molar refractivity (Wildman–Crippen MR) is 78.5 cm³/mol. The van der Waals surface area contributed by atoms with E-state index >= 15 is 0 Å². The average Bonchev–Trinajstić information content (AvgIpc) is 2.96. The van der Waals surface area contributed by atoms with E-state index < -0.39 is 0 Å². The number of nitrogens with zero attached hydrogens (tertiary/aromatic N) is 3. The highest BCUT2D eigenvalue weighted by molar-refractivity contribution is 7.98. The number of benzene rings is 1. The van der Waals surface area contributed by atoms with Gasteiger partial charge < -0.3 is 4.42 Å². The second-order valence-electron chi connectivity index (χ2n) is 4.14. The third-order valence-electron chi connectivity index (χ3n) is 2.68. The van der Waals surface area contributed by atoms with E-state index in [0.717, 1.165) is 11.1 Å². The maximum Gasteiger partial charge on any atom is 0.277 e. The molecule has 0 saturated carbocycles. The molecule has 0 fully saturated rings. The molecule has 0 saturated heterocycles. The lowest BCUT2D eigenvalue weighted by molar-refractivity contribution is 0.465. The standard InChI is InChI=1S/C14H9ClFN3OS/c15-12-6-11(16)4-3-10(12)8-21-14-19-18-13(20-14)9-2-1-5-17-7-9/h1-7H,8H2. The largest absolute Gasteiger partial charge is 0.411 e. The van der Waals surface area contributed by atoms with Gasteiger partial charge in [-0.3, -0.25) is 4.98 Å². The molecule has 3 aromatic rings. The topological polar surface area (TPSA) is 51.8 Å². The Bertz CT molecular complexity index is 751. The maximum atomic E-state index is 13.0. The molecule has 0 N–H and O–H groups in total. The summed E-state index contributed by atoms with van der Waals surface area (Å²) in [6.07, 6.45) is 3.32. The molecule has 2 aromatic heterocycles. The van der Waals surface area contributed by atoms with Crippen LogP contribution in [-0.2, 0) is 5.75 Å². The Kier molecular flexibility index (Phi) is 4.17. The highest BCUT2D eigenvalue weighted by atomic mass is 35.5. The molecular weight excluding hydrogens is 313 g/mol. The summed E-state index contributed by atoms with van der Waals surface area (Å²) in [5, 5.41) is 8.73. The van der Waals surface area contributed by atoms with E-state index in [1.807, 2.05) is 6.07 Å². The smallest absolute Gasteiger partial charge is 0.277 e. The monoisotopic (exact) mass is 321 g/mol. The highest BCUT2D eigenvalue weighted by Crippen LogP contribution is 2.28. The van der Waals surface area contributed by atoms with Crippen molar-refractivity contribution in [1.29, 1.82) is 0 Å². The third kappa shape index (κ3) is 3.40. The van der Waals surface area contributed by atoms with Crippen molar-refractivity contribution in [3.63, 3.8) is 0 Å². The molecule has 3 rings (SSSR count). The van der Waals surface area contributed by atoms with Gasteiger partial charge in [0.2, 0.25) is 5.89 Å². The Morgan fingerprint density at radius 3 is 2.90 bits per heavy atom. The summed E-state index contributed by atoms with van der Waals surface area (Å²) in [5.41, 5.74) is 1.57. The van der Waals surface area contributed by atoms with Crippen LogP contribution in [0.15, 0.2) is 52.4 Å². The number of hydrogen-bond donors (Lipinski definition) is 0. The molecule has 0 spiro atoms. The first-order chi connectivity index (χ1) is 10.2. The van der Waals surface area contributed by atoms with Crippen LogP contribution >= 0.6 is 23.4 Å². The van der Waals surface area contributed by atoms with Gasteiger partial charge >= 0.3 is 0 Å². The zero-order valence-electron chi connectivity index (χ0n) is 10.7. The Balaban J connectivity index is 1.70. The summed E-state index contributed by atoms with van der Waals surface area (Å²) < 4.78 is 18.5. The Morgan fingerprint density at radius 2 is 2.14 bits per heavy atom. The lowest BCUT2D eigenvalue weighted by Gasteiger charge is -2.01. The number of rotatable bonds is 4. The molecule has 4 nitrogen and oxygen atoms in total. The van der Waals surface area contributed by atoms with Crippen LogP contribution in [0.1, 0.15) is 5.56 Å². The van der Waals surface area contributed by atoms with E-state index in [1.165, 1.54) is 23.9 Å². The SMILES string of the molecule is Fc1ccc(CSc2nnc(-c3cccnc3)o2)c(Cl)c1. The molecule has 1 aromatic carbocycles. The van der Waals surface area contributed by atoms with E-state index in [2.05, 4.69) is 15.2 Å². The van der Waals surface area contributed by atoms with Crippen molar-refractivity contribution >= 4 is 23.4 Å². The number of aromatic nitrogens is 3. The van der Waals surface area contributed by atoms with E-state index in [4.69, 9.17) is 16.0 Å². The summed E-state index contributed by atoms with van der Waals surface area (Å²) in [7, 11) is 0. The van der Waals surface area contributed by atoms with Crippen molar-refractivity contribution in [3.05, 3.63) is 59.1 Å². The van der Waals surface area contributed by atoms with Gasteiger partial charge in [-0.1, -0.05) is 29.4 Å². The minimum absolute atomic E-state index is 0.356. The quantitative estimate of drug-likeness (QED) is 0.673. The zero-order valence-corrected chi connectivity index (χ0v) is 12.2. The molecule has 0 bridgehead atoms. The Hall–Kier alpha value is -1.92. The van der Waals surface area contributed by atoms with E-state index in [-0.39, 0.29) is 5.82 Å². The molecule has 0 atom stereocenters. The summed E-state index contributed by atoms with van der Waals surface area (Å²) in [6, 6.07) is 7.93. The predicted octanol–water partition coefficient (Wildman–Crippen LogP) is 4.22. The second kappa shape index (κ2) is 6.24. The van der Waals surface area contributed by atoms with Gasteiger partial charge in [-0.25, -0.2) is 4.39 Å². The Morgan fingerprint density at radius 1 is 1.24 bits per heavy atom. The molecule has 21 heavy (non-hydrogen) atoms. The molecule has 2 heterocycles. The van der Waals surface area contributed by atoms with Gasteiger partial charge in [0, 0.05) is 23.2 Å². The van der Waals surface area contributed by atoms with E-state index in [0.29, 0.717) is 21.9 Å². The van der Waals surface area contributed by atoms with Crippen LogP contribution in [0.4, 0.5) is 4.39 Å². The molecule has 0 amide bonds. The average molecular weight is 322 g/mol. The minimum atomic E-state index is -0.356. The summed E-state index contributed by atoms with van der Waals surface area (Å²) in [5.74, 6) is 0.578. The number of pyridine rings is 1. The van der Waals surface area contributed by atoms with Crippen LogP contribution < -0.4 is 0 Å². The number of hydrogen-bond acceptors (Lipinski definition) is 5. The van der Waals surface area contributed by atoms with Crippen molar-refractivity contribution in [1.82, 2.24) is 15.2 Å². The lowest BCUT2D eigenvalue weighted by Crippen LogP contribution is -1.84. The van der Waals surface area contributed by atoms with Crippen LogP contribution in [0, 0.1) is 5.82 Å². The summed E-state index contributed by atoms with van der Waals surface area (Å²) >= 11 is 7.31. The van der Waals surface area contributed by atoms with Gasteiger partial charge in [0.15, 0.2) is 0 Å². The van der Waals surface area contributed by atoms with Gasteiger partial charge in [0.05, 0.1) is 5.56 Å². The Labute approximate surface area is 129 Å². The fourth-order valence-corrected chi connectivity index (χ4v) is 2.73. The molecule has 0 aliphatic rings. The van der Waals surface area contributed by atoms with Crippen molar-refractivity contribution in [2.75, 3.05) is 0 Å². The number of thioether (sulfide) groups is 1. The van der Waals surface area contributed by atoms with Crippen molar-refractivity contribution in [3.8, 4) is 11.5 Å². The minimum Gasteiger partial charge on any atom is -0.411 e. The first kappa shape index (κ1) is 14.0. The van der Waals surface area contributed by atoms with Gasteiger partial charge in [0.1, 0.15) is 5.82 Å². The van der Waals surface area contributed by atoms with Crippen LogP contribution in [-0.4, -0.2) is 15.2 Å². The first-order valence-corrected chi connectivity index (χ1v) is 7.39. The third-order valence-corrected chi connectivity index (χ3v) is 3.90. The fourth-order valence-electron chi connectivity index (χ4n) is 1.65. The molecular formula is C14H9ClFN3OS. The highest BCUT2D eigenvalue weighted by Gasteiger charge is 2.10. The molecule has 0 aliphatic carbocycles. The van der Waals surface area contributed by atoms with Gasteiger partial charge in [-0.05, 0) is 29.8 Å². The maximum absolute atomic E-state index is 13.0. The van der Waals surface area contributed by atoms with Crippen LogP contribution in [0.3, 0.4) is 0 Å². The molecule has 0 aliphatic heterocycles. The second-order valence-corrected chi connectivity index (χ2v) is 5.47. The fraction of sp³-hybridized carbons (Fsp3) is 0.0714. The van der Waals surface area contributed by atoms with Crippen molar-refractivity contribution in [2.45, 2.75) is 11.0 Å². The summed E-state index contributed by atoms with van der Waals surface area (Å²) in [4.78, 5) is 4.00. The normalized spacial score (nSPS) is 10.8. The number of halogens is 2. The molecule has 7 heteroatoms. The van der Waals surface area contributed by atoms with Crippen LogP contribution in [0.5, 0.6) is 0 Å². The van der Waals surface area contributed by atoms with Crippen molar-refractivity contribution < 1.29 is 8.81 Å². The van der Waals surface area contributed by atoms with Crippen LogP contribution in [0.2, 0.25) is 5.02 Å². The first-order valence-electron chi connectivity index (χ1n) is 6.03. The van der Waals surface area contributed by atoms with Gasteiger partial charge in [-0.15, -0.1) is 10.2 Å². The van der Waals surface area contributed by atoms with Gasteiger partial charge in [-0.2, -0.15) is 0 Å². The van der Waals surface area contributed by atoms with E-state index in [9.17, 15) is 4.39 Å². The molecule has 0 radical (unpaired) electrons. The lowest BCUT2D eigenvalue weighted by atomic mass is 10.2. The molecule has 0 unspecified atom stereocenters. The van der Waals surface area contributed by atoms with Crippen LogP contribution in [0.25, 0.3) is 11.5 Å². The van der Waals surface area contributed by atoms with Gasteiger partial charge in [0.25, 0.3) is 5.22 Å². The van der Waals surface area contributed by atoms with Crippen molar-refractivity contribution in [2.24, 2.45) is 0 Å². The van der Waals surface area contributed by atoms with E-state index in [1.54, 1.807) is 24.5 Å². The zero-order chi connectivity index (χ0) is 14.7. The molecule has 106 valence electrons.